The van der Waals surface area contributed by atoms with E-state index in [4.69, 9.17) is 23.2 Å². The van der Waals surface area contributed by atoms with Gasteiger partial charge in [-0.3, -0.25) is 4.79 Å². The highest BCUT2D eigenvalue weighted by Gasteiger charge is 2.16. The number of amides is 1. The smallest absolute Gasteiger partial charge is 0.238 e. The third kappa shape index (κ3) is 7.13. The lowest BCUT2D eigenvalue weighted by Crippen LogP contribution is -2.36. The van der Waals surface area contributed by atoms with Gasteiger partial charge in [-0.1, -0.05) is 65.9 Å². The molecule has 3 aromatic rings. The maximum atomic E-state index is 12.3. The molecule has 0 atom stereocenters. The quantitative estimate of drug-likeness (QED) is 0.284. The summed E-state index contributed by atoms with van der Waals surface area (Å²) in [5.41, 5.74) is 9.40. The molecule has 162 valence electrons. The Kier molecular flexibility index (Phi) is 8.03. The van der Waals surface area contributed by atoms with Gasteiger partial charge in [0, 0.05) is 11.9 Å². The summed E-state index contributed by atoms with van der Waals surface area (Å²) in [7, 11) is 0. The van der Waals surface area contributed by atoms with Gasteiger partial charge >= 0.3 is 0 Å². The number of aromatic nitrogens is 3. The number of halogens is 1. The molecule has 0 spiro atoms. The van der Waals surface area contributed by atoms with Crippen molar-refractivity contribution in [2.45, 2.75) is 19.6 Å². The summed E-state index contributed by atoms with van der Waals surface area (Å²) in [5, 5.41) is 9.81. The molecule has 0 aliphatic rings. The molecule has 0 unspecified atom stereocenters. The summed E-state index contributed by atoms with van der Waals surface area (Å²) in [6, 6.07) is 19.7. The lowest BCUT2D eigenvalue weighted by atomic mass is 10.2. The Balaban J connectivity index is 1.61. The predicted molar refractivity (Wildman–Crippen MR) is 120 cm³/mol. The molecule has 1 amide bonds. The Bertz CT molecular complexity index is 991. The van der Waals surface area contributed by atoms with E-state index in [2.05, 4.69) is 10.3 Å². The zero-order chi connectivity index (χ0) is 22.1. The molecule has 1 heterocycles. The molecule has 8 nitrogen and oxygen atoms in total. The van der Waals surface area contributed by atoms with E-state index < -0.39 is 0 Å². The van der Waals surface area contributed by atoms with Gasteiger partial charge in [0.25, 0.3) is 0 Å². The summed E-state index contributed by atoms with van der Waals surface area (Å²) in [6.07, 6.45) is 3.43. The van der Waals surface area contributed by atoms with Crippen LogP contribution in [0.15, 0.2) is 78.8 Å². The highest BCUT2D eigenvalue weighted by molar-refractivity contribution is 6.27. The van der Waals surface area contributed by atoms with Gasteiger partial charge in [0.1, 0.15) is 11.6 Å². The van der Waals surface area contributed by atoms with Crippen molar-refractivity contribution in [3.63, 3.8) is 0 Å². The van der Waals surface area contributed by atoms with Crippen molar-refractivity contribution < 1.29 is 4.79 Å². The highest BCUT2D eigenvalue weighted by Crippen LogP contribution is 2.08. The minimum Gasteiger partial charge on any atom is -0.399 e. The van der Waals surface area contributed by atoms with Gasteiger partial charge in [0.05, 0.1) is 32.4 Å². The molecule has 0 saturated carbocycles. The van der Waals surface area contributed by atoms with Gasteiger partial charge in [0.2, 0.25) is 5.91 Å². The molecular formula is C22H26ClN7O. The molecule has 0 aliphatic carbocycles. The number of hydrazine groups is 1. The van der Waals surface area contributed by atoms with Crippen LogP contribution in [0.25, 0.3) is 0 Å². The van der Waals surface area contributed by atoms with Crippen LogP contribution >= 0.6 is 11.6 Å². The van der Waals surface area contributed by atoms with Crippen LogP contribution < -0.4 is 11.6 Å². The summed E-state index contributed by atoms with van der Waals surface area (Å²) >= 11 is 5.79. The van der Waals surface area contributed by atoms with E-state index in [1.54, 1.807) is 10.9 Å². The Hall–Kier alpha value is -3.36. The van der Waals surface area contributed by atoms with E-state index >= 15 is 0 Å². The largest absolute Gasteiger partial charge is 0.399 e. The van der Waals surface area contributed by atoms with Crippen LogP contribution in [0.5, 0.6) is 0 Å². The van der Waals surface area contributed by atoms with E-state index in [9.17, 15) is 4.79 Å². The maximum Gasteiger partial charge on any atom is 0.238 e. The lowest BCUT2D eigenvalue weighted by Gasteiger charge is -2.22. The first-order valence-electron chi connectivity index (χ1n) is 9.81. The normalized spacial score (nSPS) is 11.4. The second-order valence-corrected chi connectivity index (χ2v) is 7.41. The van der Waals surface area contributed by atoms with Crippen LogP contribution in [0.3, 0.4) is 0 Å². The molecule has 31 heavy (non-hydrogen) atoms. The topological polar surface area (TPSA) is 106 Å². The van der Waals surface area contributed by atoms with E-state index in [1.807, 2.05) is 66.9 Å². The van der Waals surface area contributed by atoms with Gasteiger partial charge in [0.15, 0.2) is 0 Å². The van der Waals surface area contributed by atoms with Crippen molar-refractivity contribution in [1.29, 1.82) is 0 Å². The monoisotopic (exact) mass is 439 g/mol. The summed E-state index contributed by atoms with van der Waals surface area (Å²) in [6.45, 7) is 1.53. The maximum absolute atomic E-state index is 12.3. The number of benzene rings is 2. The number of alkyl halides is 1. The summed E-state index contributed by atoms with van der Waals surface area (Å²) < 4.78 is 1.73. The number of hydrogen-bond acceptors (Lipinski definition) is 6. The van der Waals surface area contributed by atoms with Crippen LogP contribution in [0, 0.1) is 0 Å². The van der Waals surface area contributed by atoms with Gasteiger partial charge < -0.3 is 15.6 Å². The average Bonchev–Trinajstić information content (AvgIpc) is 3.20. The number of hydrogen-bond donors (Lipinski definition) is 2. The third-order valence-electron chi connectivity index (χ3n) is 4.51. The van der Waals surface area contributed by atoms with Gasteiger partial charge in [-0.15, -0.1) is 16.7 Å². The molecular weight excluding hydrogens is 414 g/mol. The van der Waals surface area contributed by atoms with Gasteiger partial charge in [-0.2, -0.15) is 0 Å². The van der Waals surface area contributed by atoms with Crippen LogP contribution in [0.2, 0.25) is 0 Å². The van der Waals surface area contributed by atoms with E-state index in [-0.39, 0.29) is 24.9 Å². The number of nitrogens with two attached hydrogens (primary N) is 2. The molecule has 0 fully saturated rings. The van der Waals surface area contributed by atoms with E-state index in [1.165, 1.54) is 9.91 Å². The van der Waals surface area contributed by atoms with Crippen LogP contribution in [-0.4, -0.2) is 43.2 Å². The minimum atomic E-state index is -0.248. The number of carbonyl (C=O) groups is 1. The summed E-state index contributed by atoms with van der Waals surface area (Å²) in [4.78, 5) is 13.9. The average molecular weight is 440 g/mol. The molecule has 4 N–H and O–H groups in total. The first-order chi connectivity index (χ1) is 15.0. The lowest BCUT2D eigenvalue weighted by molar-refractivity contribution is -0.128. The Morgan fingerprint density at radius 1 is 1.03 bits per heavy atom. The zero-order valence-corrected chi connectivity index (χ0v) is 17.9. The zero-order valence-electron chi connectivity index (χ0n) is 17.1. The first-order valence-corrected chi connectivity index (χ1v) is 10.3. The van der Waals surface area contributed by atoms with E-state index in [0.717, 1.165) is 11.1 Å². The van der Waals surface area contributed by atoms with Crippen LogP contribution in [0.4, 0.5) is 0 Å². The van der Waals surface area contributed by atoms with Gasteiger partial charge in [-0.05, 0) is 11.1 Å². The molecule has 0 saturated heterocycles. The first kappa shape index (κ1) is 22.3. The van der Waals surface area contributed by atoms with Gasteiger partial charge in [-0.25, -0.2) is 10.5 Å². The standard InChI is InChI=1S/C22H26ClN7O/c23-11-22(31)28(14-20(24)15-29(25)12-18-7-3-1-4-8-18)16-21-17-30(27-26-21)13-19-9-5-2-6-10-19/h1-10,15,17H,11-14,16,24-25H2/b20-15-. The fraction of sp³-hybridized carbons (Fsp3) is 0.227. The molecule has 0 aliphatic heterocycles. The number of rotatable bonds is 10. The summed E-state index contributed by atoms with van der Waals surface area (Å²) in [5.74, 6) is 5.64. The minimum absolute atomic E-state index is 0.151. The van der Waals surface area contributed by atoms with Crippen LogP contribution in [-0.2, 0) is 24.4 Å². The van der Waals surface area contributed by atoms with Crippen molar-refractivity contribution in [3.05, 3.63) is 95.6 Å². The van der Waals surface area contributed by atoms with Crippen LogP contribution in [0.1, 0.15) is 16.8 Å². The number of nitrogens with zero attached hydrogens (tertiary/aromatic N) is 5. The molecule has 0 bridgehead atoms. The second-order valence-electron chi connectivity index (χ2n) is 7.14. The van der Waals surface area contributed by atoms with Crippen molar-refractivity contribution in [2.75, 3.05) is 12.4 Å². The van der Waals surface area contributed by atoms with Crippen molar-refractivity contribution in [3.8, 4) is 0 Å². The fourth-order valence-electron chi connectivity index (χ4n) is 3.09. The third-order valence-corrected chi connectivity index (χ3v) is 4.74. The van der Waals surface area contributed by atoms with Crippen molar-refractivity contribution in [1.82, 2.24) is 24.9 Å². The highest BCUT2D eigenvalue weighted by atomic mass is 35.5. The Morgan fingerprint density at radius 3 is 2.32 bits per heavy atom. The second kappa shape index (κ2) is 11.1. The SMILES string of the molecule is N/C(=C\N(N)Cc1ccccc1)CN(Cc1cn(Cc2ccccc2)nn1)C(=O)CCl. The molecule has 1 aromatic heterocycles. The Labute approximate surface area is 186 Å². The number of carbonyl (C=O) groups excluding carboxylic acids is 1. The molecule has 2 aromatic carbocycles. The van der Waals surface area contributed by atoms with Crippen molar-refractivity contribution >= 4 is 17.5 Å². The fourth-order valence-corrected chi connectivity index (χ4v) is 3.25. The molecule has 0 radical (unpaired) electrons. The molecule has 3 rings (SSSR count). The van der Waals surface area contributed by atoms with Crippen molar-refractivity contribution in [2.24, 2.45) is 11.6 Å². The molecule has 9 heteroatoms. The Morgan fingerprint density at radius 2 is 1.68 bits per heavy atom. The van der Waals surface area contributed by atoms with E-state index in [0.29, 0.717) is 24.5 Å². The predicted octanol–water partition coefficient (Wildman–Crippen LogP) is 2.07.